The predicted octanol–water partition coefficient (Wildman–Crippen LogP) is 4.99. The summed E-state index contributed by atoms with van der Waals surface area (Å²) in [5, 5.41) is 11.2. The number of aromatic nitrogens is 1. The van der Waals surface area contributed by atoms with Crippen LogP contribution < -0.4 is 0 Å². The van der Waals surface area contributed by atoms with E-state index in [0.29, 0.717) is 18.7 Å². The number of nitrogens with zero attached hydrogens (tertiary/aromatic N) is 1. The third-order valence-electron chi connectivity index (χ3n) is 3.92. The minimum absolute atomic E-state index is 0.345. The highest BCUT2D eigenvalue weighted by Crippen LogP contribution is 2.24. The van der Waals surface area contributed by atoms with Crippen molar-refractivity contribution < 1.29 is 14.3 Å². The third-order valence-corrected chi connectivity index (χ3v) is 4.91. The number of hydrogen-bond donors (Lipinski definition) is 1. The summed E-state index contributed by atoms with van der Waals surface area (Å²) >= 11 is 1.46. The molecule has 0 aliphatic carbocycles. The second kappa shape index (κ2) is 9.02. The van der Waals surface area contributed by atoms with Gasteiger partial charge in [-0.15, -0.1) is 23.2 Å². The zero-order valence-electron chi connectivity index (χ0n) is 14.2. The zero-order chi connectivity index (χ0) is 18.2. The van der Waals surface area contributed by atoms with Crippen LogP contribution in [0.25, 0.3) is 11.5 Å². The summed E-state index contributed by atoms with van der Waals surface area (Å²) in [6.45, 7) is 0. The molecular formula is C21H19NO3S. The average molecular weight is 365 g/mol. The monoisotopic (exact) mass is 365 g/mol. The third kappa shape index (κ3) is 4.84. The Balaban J connectivity index is 1.46. The van der Waals surface area contributed by atoms with Crippen molar-refractivity contribution in [3.8, 4) is 23.3 Å². The molecule has 0 aliphatic rings. The molecule has 1 atom stereocenters. The highest BCUT2D eigenvalue weighted by Gasteiger charge is 2.19. The van der Waals surface area contributed by atoms with E-state index < -0.39 is 11.9 Å². The Morgan fingerprint density at radius 2 is 2.04 bits per heavy atom. The fourth-order valence-electron chi connectivity index (χ4n) is 2.55. The first-order chi connectivity index (χ1) is 12.7. The molecule has 3 rings (SSSR count). The fourth-order valence-corrected chi connectivity index (χ4v) is 3.37. The number of hydrogen-bond acceptors (Lipinski definition) is 4. The smallest absolute Gasteiger partial charge is 0.312 e. The first-order valence-electron chi connectivity index (χ1n) is 8.46. The van der Waals surface area contributed by atoms with Gasteiger partial charge in [0.05, 0.1) is 5.69 Å². The largest absolute Gasteiger partial charge is 0.481 e. The Labute approximate surface area is 156 Å². The highest BCUT2D eigenvalue weighted by atomic mass is 32.1. The summed E-state index contributed by atoms with van der Waals surface area (Å²) < 4.78 is 5.52. The number of thiophene rings is 1. The molecule has 1 aromatic carbocycles. The zero-order valence-corrected chi connectivity index (χ0v) is 15.0. The molecule has 0 amide bonds. The van der Waals surface area contributed by atoms with Crippen molar-refractivity contribution in [1.29, 1.82) is 0 Å². The van der Waals surface area contributed by atoms with Crippen molar-refractivity contribution in [3.63, 3.8) is 0 Å². The lowest BCUT2D eigenvalue weighted by molar-refractivity contribution is -0.138. The van der Waals surface area contributed by atoms with E-state index in [4.69, 9.17) is 4.42 Å². The SMILES string of the molecule is O=C(O)C(CC#CCCCc1coc(-c2ccccc2)n1)c1cccs1. The van der Waals surface area contributed by atoms with Crippen LogP contribution in [0.4, 0.5) is 0 Å². The average Bonchev–Trinajstić information content (AvgIpc) is 3.33. The van der Waals surface area contributed by atoms with Gasteiger partial charge in [0.25, 0.3) is 0 Å². The molecule has 132 valence electrons. The number of carboxylic acid groups (broad SMARTS) is 1. The van der Waals surface area contributed by atoms with Crippen LogP contribution in [-0.2, 0) is 11.2 Å². The lowest BCUT2D eigenvalue weighted by Crippen LogP contribution is -2.09. The Hall–Kier alpha value is -2.84. The summed E-state index contributed by atoms with van der Waals surface area (Å²) in [6, 6.07) is 13.5. The van der Waals surface area contributed by atoms with Gasteiger partial charge in [0.1, 0.15) is 12.2 Å². The van der Waals surface area contributed by atoms with Gasteiger partial charge in [-0.3, -0.25) is 4.79 Å². The van der Waals surface area contributed by atoms with Gasteiger partial charge in [0, 0.05) is 23.3 Å². The van der Waals surface area contributed by atoms with Gasteiger partial charge < -0.3 is 9.52 Å². The predicted molar refractivity (Wildman–Crippen MR) is 102 cm³/mol. The van der Waals surface area contributed by atoms with Crippen LogP contribution in [0.15, 0.2) is 58.5 Å². The lowest BCUT2D eigenvalue weighted by Gasteiger charge is -2.05. The van der Waals surface area contributed by atoms with Crippen LogP contribution in [0.2, 0.25) is 0 Å². The maximum absolute atomic E-state index is 11.3. The van der Waals surface area contributed by atoms with E-state index in [-0.39, 0.29) is 0 Å². The van der Waals surface area contributed by atoms with Gasteiger partial charge in [-0.25, -0.2) is 4.98 Å². The summed E-state index contributed by atoms with van der Waals surface area (Å²) in [6.07, 6.45) is 4.40. The first-order valence-corrected chi connectivity index (χ1v) is 9.34. The number of benzene rings is 1. The molecule has 2 heterocycles. The Kier molecular flexibility index (Phi) is 6.24. The number of carboxylic acids is 1. The van der Waals surface area contributed by atoms with Crippen LogP contribution >= 0.6 is 11.3 Å². The summed E-state index contributed by atoms with van der Waals surface area (Å²) in [7, 11) is 0. The molecule has 0 fully saturated rings. The van der Waals surface area contributed by atoms with E-state index in [1.165, 1.54) is 11.3 Å². The van der Waals surface area contributed by atoms with Gasteiger partial charge >= 0.3 is 5.97 Å². The molecule has 0 aliphatic heterocycles. The van der Waals surface area contributed by atoms with Crippen molar-refractivity contribution >= 4 is 17.3 Å². The molecule has 3 aromatic rings. The molecule has 2 aromatic heterocycles. The second-order valence-corrected chi connectivity index (χ2v) is 6.81. The van der Waals surface area contributed by atoms with Crippen LogP contribution in [0.3, 0.4) is 0 Å². The number of aryl methyl sites for hydroxylation is 1. The van der Waals surface area contributed by atoms with Crippen molar-refractivity contribution in [2.45, 2.75) is 31.6 Å². The minimum Gasteiger partial charge on any atom is -0.481 e. The van der Waals surface area contributed by atoms with Crippen LogP contribution in [0, 0.1) is 11.8 Å². The van der Waals surface area contributed by atoms with E-state index in [1.54, 1.807) is 6.26 Å². The molecule has 0 radical (unpaired) electrons. The molecule has 5 heteroatoms. The van der Waals surface area contributed by atoms with Crippen molar-refractivity contribution in [1.82, 2.24) is 4.98 Å². The minimum atomic E-state index is -0.821. The van der Waals surface area contributed by atoms with Gasteiger partial charge in [0.2, 0.25) is 5.89 Å². The highest BCUT2D eigenvalue weighted by molar-refractivity contribution is 7.10. The van der Waals surface area contributed by atoms with Crippen LogP contribution in [-0.4, -0.2) is 16.1 Å². The van der Waals surface area contributed by atoms with Gasteiger partial charge in [0.15, 0.2) is 0 Å². The summed E-state index contributed by atoms with van der Waals surface area (Å²) in [4.78, 5) is 16.7. The van der Waals surface area contributed by atoms with Crippen LogP contribution in [0.5, 0.6) is 0 Å². The maximum Gasteiger partial charge on any atom is 0.312 e. The number of rotatable bonds is 7. The number of unbranched alkanes of at least 4 members (excludes halogenated alkanes) is 1. The molecule has 1 N–H and O–H groups in total. The van der Waals surface area contributed by atoms with Gasteiger partial charge in [-0.1, -0.05) is 24.3 Å². The Morgan fingerprint density at radius 3 is 2.77 bits per heavy atom. The van der Waals surface area contributed by atoms with Crippen LogP contribution in [0.1, 0.15) is 35.8 Å². The summed E-state index contributed by atoms with van der Waals surface area (Å²) in [5.41, 5.74) is 1.87. The quantitative estimate of drug-likeness (QED) is 0.473. The van der Waals surface area contributed by atoms with Crippen molar-refractivity contribution in [3.05, 3.63) is 64.7 Å². The molecule has 0 spiro atoms. The maximum atomic E-state index is 11.3. The van der Waals surface area contributed by atoms with E-state index in [1.807, 2.05) is 47.8 Å². The first kappa shape index (κ1) is 18.0. The molecule has 4 nitrogen and oxygen atoms in total. The standard InChI is InChI=1S/C21H19NO3S/c23-21(24)18(19-13-8-14-26-19)12-7-2-1-6-11-17-15-25-20(22-17)16-9-4-3-5-10-16/h3-5,8-10,13-15,18H,1,6,11-12H2,(H,23,24). The number of oxazole rings is 1. The lowest BCUT2D eigenvalue weighted by atomic mass is 10.0. The molecule has 26 heavy (non-hydrogen) atoms. The molecular weight excluding hydrogens is 346 g/mol. The molecule has 1 unspecified atom stereocenters. The van der Waals surface area contributed by atoms with E-state index >= 15 is 0 Å². The molecule has 0 bridgehead atoms. The normalized spacial score (nSPS) is 11.5. The van der Waals surface area contributed by atoms with Gasteiger partial charge in [-0.05, 0) is 36.4 Å². The number of carbonyl (C=O) groups is 1. The van der Waals surface area contributed by atoms with E-state index in [9.17, 15) is 9.90 Å². The second-order valence-electron chi connectivity index (χ2n) is 5.83. The molecule has 0 saturated heterocycles. The Morgan fingerprint density at radius 1 is 1.19 bits per heavy atom. The topological polar surface area (TPSA) is 63.3 Å². The molecule has 0 saturated carbocycles. The fraction of sp³-hybridized carbons (Fsp3) is 0.238. The summed E-state index contributed by atoms with van der Waals surface area (Å²) in [5.74, 6) is 5.35. The van der Waals surface area contributed by atoms with Crippen molar-refractivity contribution in [2.75, 3.05) is 0 Å². The van der Waals surface area contributed by atoms with Gasteiger partial charge in [-0.2, -0.15) is 0 Å². The van der Waals surface area contributed by atoms with E-state index in [2.05, 4.69) is 16.8 Å². The van der Waals surface area contributed by atoms with Crippen molar-refractivity contribution in [2.24, 2.45) is 0 Å². The van der Waals surface area contributed by atoms with E-state index in [0.717, 1.165) is 29.0 Å². The Bertz CT molecular complexity index is 888. The number of aliphatic carboxylic acids is 1.